The number of methoxy groups -OCH3 is 2. The number of aromatic nitrogens is 1. The molecule has 0 unspecified atom stereocenters. The molecule has 0 aliphatic heterocycles. The summed E-state index contributed by atoms with van der Waals surface area (Å²) < 4.78 is 35.3. The van der Waals surface area contributed by atoms with Crippen molar-refractivity contribution in [1.82, 2.24) is 3.97 Å². The Morgan fingerprint density at radius 1 is 1.10 bits per heavy atom. The topological polar surface area (TPSA) is 74.6 Å². The number of hydrogen-bond acceptors (Lipinski definition) is 5. The molecule has 0 radical (unpaired) electrons. The molecular formula is C13H13NO5S. The lowest BCUT2D eigenvalue weighted by Crippen LogP contribution is -2.18. The Labute approximate surface area is 116 Å². The van der Waals surface area contributed by atoms with Crippen molar-refractivity contribution in [2.45, 2.75) is 4.90 Å². The number of rotatable bonds is 4. The summed E-state index contributed by atoms with van der Waals surface area (Å²) in [7, 11) is -1.16. The van der Waals surface area contributed by atoms with Crippen LogP contribution in [-0.4, -0.2) is 32.6 Å². The van der Waals surface area contributed by atoms with E-state index >= 15 is 0 Å². The number of carbonyl (C=O) groups is 1. The molecule has 7 heteroatoms. The molecule has 0 fully saturated rings. The van der Waals surface area contributed by atoms with Gasteiger partial charge in [-0.3, -0.25) is 0 Å². The largest absolute Gasteiger partial charge is 0.497 e. The van der Waals surface area contributed by atoms with Crippen molar-refractivity contribution in [3.63, 3.8) is 0 Å². The molecule has 20 heavy (non-hydrogen) atoms. The van der Waals surface area contributed by atoms with Crippen LogP contribution < -0.4 is 4.74 Å². The monoisotopic (exact) mass is 295 g/mol. The molecule has 6 nitrogen and oxygen atoms in total. The molecule has 0 amide bonds. The van der Waals surface area contributed by atoms with Crippen molar-refractivity contribution >= 4 is 16.0 Å². The van der Waals surface area contributed by atoms with E-state index in [0.29, 0.717) is 5.75 Å². The van der Waals surface area contributed by atoms with E-state index in [-0.39, 0.29) is 10.6 Å². The van der Waals surface area contributed by atoms with E-state index < -0.39 is 16.0 Å². The maximum atomic E-state index is 12.5. The Morgan fingerprint density at radius 2 is 1.75 bits per heavy atom. The summed E-state index contributed by atoms with van der Waals surface area (Å²) in [6.07, 6.45) is 1.30. The maximum absolute atomic E-state index is 12.5. The molecule has 106 valence electrons. The quantitative estimate of drug-likeness (QED) is 0.799. The minimum Gasteiger partial charge on any atom is -0.497 e. The standard InChI is InChI=1S/C13H13NO5S/c1-18-10-5-7-11(8-6-10)20(16,17)14-9-3-4-12(14)13(15)19-2/h3-9H,1-2H3. The molecule has 0 aliphatic carbocycles. The molecule has 0 atom stereocenters. The summed E-state index contributed by atoms with van der Waals surface area (Å²) in [4.78, 5) is 11.6. The van der Waals surface area contributed by atoms with Crippen LogP contribution in [0, 0.1) is 0 Å². The van der Waals surface area contributed by atoms with Crippen molar-refractivity contribution in [3.05, 3.63) is 48.3 Å². The van der Waals surface area contributed by atoms with E-state index in [9.17, 15) is 13.2 Å². The first kappa shape index (κ1) is 14.1. The van der Waals surface area contributed by atoms with E-state index in [1.807, 2.05) is 0 Å². The van der Waals surface area contributed by atoms with Crippen molar-refractivity contribution in [2.24, 2.45) is 0 Å². The third-order valence-corrected chi connectivity index (χ3v) is 4.43. The second-order valence-corrected chi connectivity index (χ2v) is 5.68. The van der Waals surface area contributed by atoms with E-state index in [1.54, 1.807) is 0 Å². The molecule has 0 aliphatic rings. The zero-order valence-corrected chi connectivity index (χ0v) is 11.8. The van der Waals surface area contributed by atoms with Gasteiger partial charge in [0.05, 0.1) is 19.1 Å². The van der Waals surface area contributed by atoms with Crippen LogP contribution in [0.15, 0.2) is 47.5 Å². The van der Waals surface area contributed by atoms with Gasteiger partial charge in [0.15, 0.2) is 0 Å². The lowest BCUT2D eigenvalue weighted by atomic mass is 10.3. The Kier molecular flexibility index (Phi) is 3.80. The Bertz CT molecular complexity index is 715. The van der Waals surface area contributed by atoms with Gasteiger partial charge in [0.25, 0.3) is 10.0 Å². The fraction of sp³-hybridized carbons (Fsp3) is 0.154. The van der Waals surface area contributed by atoms with Gasteiger partial charge in [-0.2, -0.15) is 0 Å². The number of carbonyl (C=O) groups excluding carboxylic acids is 1. The second kappa shape index (κ2) is 5.38. The van der Waals surface area contributed by atoms with Gasteiger partial charge in [-0.05, 0) is 36.4 Å². The lowest BCUT2D eigenvalue weighted by molar-refractivity contribution is 0.0593. The van der Waals surface area contributed by atoms with Crippen LogP contribution >= 0.6 is 0 Å². The first-order valence-corrected chi connectivity index (χ1v) is 7.10. The summed E-state index contributed by atoms with van der Waals surface area (Å²) in [6, 6.07) is 8.74. The van der Waals surface area contributed by atoms with Crippen LogP contribution in [0.5, 0.6) is 5.75 Å². The molecule has 0 N–H and O–H groups in total. The first-order chi connectivity index (χ1) is 9.50. The minimum absolute atomic E-state index is 0.0525. The van der Waals surface area contributed by atoms with Gasteiger partial charge in [-0.15, -0.1) is 0 Å². The number of esters is 1. The Hall–Kier alpha value is -2.28. The highest BCUT2D eigenvalue weighted by Crippen LogP contribution is 2.20. The smallest absolute Gasteiger partial charge is 0.355 e. The van der Waals surface area contributed by atoms with Crippen molar-refractivity contribution in [1.29, 1.82) is 0 Å². The molecule has 2 aromatic rings. The number of ether oxygens (including phenoxy) is 2. The van der Waals surface area contributed by atoms with Gasteiger partial charge in [0, 0.05) is 6.20 Å². The predicted molar refractivity (Wildman–Crippen MR) is 71.3 cm³/mol. The third-order valence-electron chi connectivity index (χ3n) is 2.72. The predicted octanol–water partition coefficient (Wildman–Crippen LogP) is 1.52. The Morgan fingerprint density at radius 3 is 2.30 bits per heavy atom. The van der Waals surface area contributed by atoms with Crippen LogP contribution in [0.1, 0.15) is 10.5 Å². The van der Waals surface area contributed by atoms with Crippen LogP contribution in [-0.2, 0) is 14.8 Å². The molecule has 2 rings (SSSR count). The van der Waals surface area contributed by atoms with E-state index in [1.165, 1.54) is 56.8 Å². The van der Waals surface area contributed by atoms with E-state index in [2.05, 4.69) is 4.74 Å². The molecular weight excluding hydrogens is 282 g/mol. The molecule has 0 bridgehead atoms. The van der Waals surface area contributed by atoms with Gasteiger partial charge in [-0.1, -0.05) is 0 Å². The fourth-order valence-corrected chi connectivity index (χ4v) is 3.03. The van der Waals surface area contributed by atoms with Gasteiger partial charge < -0.3 is 9.47 Å². The molecule has 1 aromatic heterocycles. The minimum atomic E-state index is -3.85. The van der Waals surface area contributed by atoms with Crippen LogP contribution in [0.3, 0.4) is 0 Å². The number of hydrogen-bond donors (Lipinski definition) is 0. The summed E-state index contributed by atoms with van der Waals surface area (Å²) >= 11 is 0. The zero-order chi connectivity index (χ0) is 14.8. The highest BCUT2D eigenvalue weighted by Gasteiger charge is 2.22. The number of benzene rings is 1. The van der Waals surface area contributed by atoms with Crippen molar-refractivity contribution in [3.8, 4) is 5.75 Å². The zero-order valence-electron chi connectivity index (χ0n) is 10.9. The van der Waals surface area contributed by atoms with Gasteiger partial charge >= 0.3 is 5.97 Å². The van der Waals surface area contributed by atoms with Crippen LogP contribution in [0.25, 0.3) is 0 Å². The van der Waals surface area contributed by atoms with Crippen LogP contribution in [0.2, 0.25) is 0 Å². The van der Waals surface area contributed by atoms with Gasteiger partial charge in [-0.25, -0.2) is 17.2 Å². The van der Waals surface area contributed by atoms with E-state index in [0.717, 1.165) is 3.97 Å². The SMILES string of the molecule is COC(=O)c1cccn1S(=O)(=O)c1ccc(OC)cc1. The molecule has 0 saturated heterocycles. The summed E-state index contributed by atoms with van der Waals surface area (Å²) in [5.74, 6) is -0.170. The molecule has 1 heterocycles. The average Bonchev–Trinajstić information content (AvgIpc) is 2.96. The van der Waals surface area contributed by atoms with Gasteiger partial charge in [0.2, 0.25) is 0 Å². The highest BCUT2D eigenvalue weighted by atomic mass is 32.2. The van der Waals surface area contributed by atoms with Crippen LogP contribution in [0.4, 0.5) is 0 Å². The lowest BCUT2D eigenvalue weighted by Gasteiger charge is -2.09. The maximum Gasteiger partial charge on any atom is 0.355 e. The normalized spacial score (nSPS) is 11.1. The average molecular weight is 295 g/mol. The van der Waals surface area contributed by atoms with Crippen molar-refractivity contribution < 1.29 is 22.7 Å². The third kappa shape index (κ3) is 2.39. The molecule has 0 spiro atoms. The van der Waals surface area contributed by atoms with Crippen molar-refractivity contribution in [2.75, 3.05) is 14.2 Å². The summed E-state index contributed by atoms with van der Waals surface area (Å²) in [5, 5.41) is 0. The van der Waals surface area contributed by atoms with E-state index in [4.69, 9.17) is 4.74 Å². The fourth-order valence-electron chi connectivity index (χ4n) is 1.70. The summed E-state index contributed by atoms with van der Waals surface area (Å²) in [6.45, 7) is 0. The highest BCUT2D eigenvalue weighted by molar-refractivity contribution is 7.90. The molecule has 1 aromatic carbocycles. The van der Waals surface area contributed by atoms with Gasteiger partial charge in [0.1, 0.15) is 11.4 Å². The number of nitrogens with zero attached hydrogens (tertiary/aromatic N) is 1. The first-order valence-electron chi connectivity index (χ1n) is 5.66. The Balaban J connectivity index is 2.49. The second-order valence-electron chi connectivity index (χ2n) is 3.86. The summed E-state index contributed by atoms with van der Waals surface area (Å²) in [5.41, 5.74) is -0.0525. The molecule has 0 saturated carbocycles.